The Morgan fingerprint density at radius 2 is 2.04 bits per heavy atom. The lowest BCUT2D eigenvalue weighted by atomic mass is 10.0. The Hall–Kier alpha value is -2.16. The smallest absolute Gasteiger partial charge is 0.245 e. The lowest BCUT2D eigenvalue weighted by molar-refractivity contribution is -0.139. The van der Waals surface area contributed by atoms with Crippen LogP contribution >= 0.6 is 0 Å². The molecule has 0 bridgehead atoms. The largest absolute Gasteiger partial charge is 0.370 e. The summed E-state index contributed by atoms with van der Waals surface area (Å²) in [6, 6.07) is -1.87. The van der Waals surface area contributed by atoms with E-state index < -0.39 is 18.1 Å². The van der Waals surface area contributed by atoms with Gasteiger partial charge < -0.3 is 32.2 Å². The number of aldehydes is 1. The number of nitrogens with zero attached hydrogens (tertiary/aromatic N) is 2. The maximum atomic E-state index is 12.8. The highest BCUT2D eigenvalue weighted by molar-refractivity contribution is 5.91. The highest BCUT2D eigenvalue weighted by Gasteiger charge is 2.34. The van der Waals surface area contributed by atoms with Crippen molar-refractivity contribution >= 4 is 24.1 Å². The van der Waals surface area contributed by atoms with E-state index in [0.717, 1.165) is 12.7 Å². The molecule has 0 spiro atoms. The topological polar surface area (TPSA) is 157 Å². The molecule has 1 saturated heterocycles. The molecule has 0 radical (unpaired) electrons. The number of likely N-dealkylation sites (tertiary alicyclic amines) is 1. The predicted octanol–water partition coefficient (Wildman–Crippen LogP) is -1.30. The molecule has 7 N–H and O–H groups in total. The van der Waals surface area contributed by atoms with Gasteiger partial charge in [0.15, 0.2) is 5.96 Å². The number of hydrogen-bond acceptors (Lipinski definition) is 5. The first-order valence-electron chi connectivity index (χ1n) is 8.65. The van der Waals surface area contributed by atoms with Crippen LogP contribution in [0.15, 0.2) is 4.99 Å². The summed E-state index contributed by atoms with van der Waals surface area (Å²) in [6.07, 6.45) is 3.09. The number of rotatable bonds is 9. The number of hydrogen-bond donors (Lipinski definition) is 4. The Morgan fingerprint density at radius 1 is 1.36 bits per heavy atom. The summed E-state index contributed by atoms with van der Waals surface area (Å²) < 4.78 is 0. The van der Waals surface area contributed by atoms with Crippen LogP contribution in [0.5, 0.6) is 0 Å². The molecule has 0 aliphatic carbocycles. The zero-order valence-electron chi connectivity index (χ0n) is 15.0. The minimum absolute atomic E-state index is 0.0192. The van der Waals surface area contributed by atoms with Crippen molar-refractivity contribution in [1.29, 1.82) is 0 Å². The maximum Gasteiger partial charge on any atom is 0.245 e. The minimum atomic E-state index is -0.743. The molecular weight excluding hydrogens is 324 g/mol. The summed E-state index contributed by atoms with van der Waals surface area (Å²) >= 11 is 0. The second kappa shape index (κ2) is 9.97. The van der Waals surface area contributed by atoms with Gasteiger partial charge in [0.2, 0.25) is 11.8 Å². The average molecular weight is 354 g/mol. The Morgan fingerprint density at radius 3 is 2.60 bits per heavy atom. The third-order valence-corrected chi connectivity index (χ3v) is 4.32. The second-order valence-corrected chi connectivity index (χ2v) is 6.66. The van der Waals surface area contributed by atoms with Crippen molar-refractivity contribution in [3.8, 4) is 0 Å². The fourth-order valence-electron chi connectivity index (χ4n) is 2.74. The van der Waals surface area contributed by atoms with Crippen LogP contribution in [0.25, 0.3) is 0 Å². The normalized spacial score (nSPS) is 19.4. The molecule has 25 heavy (non-hydrogen) atoms. The van der Waals surface area contributed by atoms with Crippen molar-refractivity contribution in [2.24, 2.45) is 28.1 Å². The number of carbonyl (C=O) groups is 3. The Kier molecular flexibility index (Phi) is 8.33. The molecule has 1 aliphatic rings. The Balaban J connectivity index is 2.78. The SMILES string of the molecule is CC(C)[C@H](N)C(=O)N[C@@H](CCCN=C(N)N)C(=O)N1CCC[C@H]1C=O. The molecule has 3 atom stereocenters. The van der Waals surface area contributed by atoms with E-state index in [9.17, 15) is 14.4 Å². The molecule has 1 heterocycles. The third kappa shape index (κ3) is 6.33. The summed E-state index contributed by atoms with van der Waals surface area (Å²) in [5.74, 6) is -0.707. The van der Waals surface area contributed by atoms with Crippen molar-refractivity contribution in [2.75, 3.05) is 13.1 Å². The van der Waals surface area contributed by atoms with Gasteiger partial charge in [-0.15, -0.1) is 0 Å². The van der Waals surface area contributed by atoms with E-state index in [0.29, 0.717) is 32.4 Å². The van der Waals surface area contributed by atoms with Crippen LogP contribution in [-0.2, 0) is 14.4 Å². The predicted molar refractivity (Wildman–Crippen MR) is 95.5 cm³/mol. The van der Waals surface area contributed by atoms with Gasteiger partial charge in [0.05, 0.1) is 12.1 Å². The highest BCUT2D eigenvalue weighted by Crippen LogP contribution is 2.18. The summed E-state index contributed by atoms with van der Waals surface area (Å²) in [6.45, 7) is 4.54. The molecule has 0 unspecified atom stereocenters. The quantitative estimate of drug-likeness (QED) is 0.174. The zero-order chi connectivity index (χ0) is 19.0. The molecule has 9 nitrogen and oxygen atoms in total. The molecule has 9 heteroatoms. The summed E-state index contributed by atoms with van der Waals surface area (Å²) in [7, 11) is 0. The van der Waals surface area contributed by atoms with Crippen molar-refractivity contribution < 1.29 is 14.4 Å². The fraction of sp³-hybridized carbons (Fsp3) is 0.750. The van der Waals surface area contributed by atoms with Crippen LogP contribution in [0, 0.1) is 5.92 Å². The molecule has 0 saturated carbocycles. The van der Waals surface area contributed by atoms with Gasteiger partial charge >= 0.3 is 0 Å². The van der Waals surface area contributed by atoms with Crippen LogP contribution in [0.1, 0.15) is 39.5 Å². The van der Waals surface area contributed by atoms with Gasteiger partial charge in [-0.2, -0.15) is 0 Å². The summed E-state index contributed by atoms with van der Waals surface area (Å²) in [5, 5.41) is 2.73. The number of aliphatic imine (C=N–C) groups is 1. The molecule has 0 aromatic rings. The number of carbonyl (C=O) groups excluding carboxylic acids is 3. The van der Waals surface area contributed by atoms with E-state index >= 15 is 0 Å². The van der Waals surface area contributed by atoms with E-state index in [4.69, 9.17) is 17.2 Å². The Bertz CT molecular complexity index is 504. The van der Waals surface area contributed by atoms with E-state index in [1.807, 2.05) is 13.8 Å². The van der Waals surface area contributed by atoms with Gasteiger partial charge in [0.1, 0.15) is 12.3 Å². The number of amides is 2. The lowest BCUT2D eigenvalue weighted by Crippen LogP contribution is -2.54. The van der Waals surface area contributed by atoms with Crippen molar-refractivity contribution in [1.82, 2.24) is 10.2 Å². The molecular formula is C16H30N6O3. The average Bonchev–Trinajstić information content (AvgIpc) is 3.04. The standard InChI is InChI=1S/C16H30N6O3/c1-10(2)13(17)14(24)21-12(6-3-7-20-16(18)19)15(25)22-8-4-5-11(22)9-23/h9-13H,3-8,17H2,1-2H3,(H,21,24)(H4,18,19,20)/t11-,12-,13-/m0/s1. The second-order valence-electron chi connectivity index (χ2n) is 6.66. The highest BCUT2D eigenvalue weighted by atomic mass is 16.2. The van der Waals surface area contributed by atoms with Gasteiger partial charge in [-0.05, 0) is 31.6 Å². The Labute approximate surface area is 148 Å². The fourth-order valence-corrected chi connectivity index (χ4v) is 2.74. The molecule has 2 amide bonds. The molecule has 0 aromatic carbocycles. The van der Waals surface area contributed by atoms with Crippen molar-refractivity contribution in [3.05, 3.63) is 0 Å². The van der Waals surface area contributed by atoms with Gasteiger partial charge in [0, 0.05) is 13.1 Å². The van der Waals surface area contributed by atoms with E-state index in [-0.39, 0.29) is 23.7 Å². The van der Waals surface area contributed by atoms with Crippen LogP contribution in [-0.4, -0.2) is 60.2 Å². The van der Waals surface area contributed by atoms with Crippen LogP contribution in [0.4, 0.5) is 0 Å². The lowest BCUT2D eigenvalue weighted by Gasteiger charge is -2.28. The molecule has 142 valence electrons. The van der Waals surface area contributed by atoms with Crippen molar-refractivity contribution in [3.63, 3.8) is 0 Å². The first-order valence-corrected chi connectivity index (χ1v) is 8.65. The van der Waals surface area contributed by atoms with Crippen LogP contribution in [0.2, 0.25) is 0 Å². The number of guanidine groups is 1. The van der Waals surface area contributed by atoms with Gasteiger partial charge in [-0.25, -0.2) is 0 Å². The van der Waals surface area contributed by atoms with Crippen LogP contribution in [0.3, 0.4) is 0 Å². The maximum absolute atomic E-state index is 12.8. The summed E-state index contributed by atoms with van der Waals surface area (Å²) in [5.41, 5.74) is 16.4. The van der Waals surface area contributed by atoms with E-state index in [1.165, 1.54) is 4.90 Å². The molecule has 1 rings (SSSR count). The first kappa shape index (κ1) is 20.9. The monoisotopic (exact) mass is 354 g/mol. The van der Waals surface area contributed by atoms with E-state index in [2.05, 4.69) is 10.3 Å². The minimum Gasteiger partial charge on any atom is -0.370 e. The van der Waals surface area contributed by atoms with Crippen LogP contribution < -0.4 is 22.5 Å². The molecule has 0 aromatic heterocycles. The number of nitrogens with two attached hydrogens (primary N) is 3. The third-order valence-electron chi connectivity index (χ3n) is 4.32. The van der Waals surface area contributed by atoms with Gasteiger partial charge in [-0.3, -0.25) is 14.6 Å². The van der Waals surface area contributed by atoms with Crippen molar-refractivity contribution in [2.45, 2.75) is 57.7 Å². The molecule has 1 aliphatic heterocycles. The number of nitrogens with one attached hydrogen (secondary N) is 1. The van der Waals surface area contributed by atoms with E-state index in [1.54, 1.807) is 0 Å². The zero-order valence-corrected chi connectivity index (χ0v) is 15.0. The molecule has 1 fully saturated rings. The first-order chi connectivity index (χ1) is 11.8. The van der Waals surface area contributed by atoms with Gasteiger partial charge in [-0.1, -0.05) is 13.8 Å². The van der Waals surface area contributed by atoms with Gasteiger partial charge in [0.25, 0.3) is 0 Å². The summed E-state index contributed by atoms with van der Waals surface area (Å²) in [4.78, 5) is 41.6.